The van der Waals surface area contributed by atoms with Gasteiger partial charge in [-0.3, -0.25) is 9.69 Å². The zero-order chi connectivity index (χ0) is 27.6. The summed E-state index contributed by atoms with van der Waals surface area (Å²) in [7, 11) is -3.73. The van der Waals surface area contributed by atoms with Crippen LogP contribution in [0, 0.1) is 13.8 Å². The molecule has 0 bridgehead atoms. The van der Waals surface area contributed by atoms with Crippen LogP contribution in [0.4, 0.5) is 5.13 Å². The molecular formula is C30H33N3O4S2. The normalized spacial score (nSPS) is 15.7. The summed E-state index contributed by atoms with van der Waals surface area (Å²) in [5, 5.41) is 0.618. The number of carbonyl (C=O) groups excluding carboxylic acids is 1. The van der Waals surface area contributed by atoms with Crippen LogP contribution >= 0.6 is 11.3 Å². The van der Waals surface area contributed by atoms with Crippen LogP contribution in [0.15, 0.2) is 71.6 Å². The minimum Gasteiger partial charge on any atom is -0.376 e. The molecule has 0 saturated carbocycles. The molecule has 204 valence electrons. The maximum atomic E-state index is 13.8. The van der Waals surface area contributed by atoms with E-state index in [1.165, 1.54) is 33.3 Å². The van der Waals surface area contributed by atoms with E-state index < -0.39 is 10.0 Å². The number of aromatic nitrogens is 1. The fourth-order valence-corrected chi connectivity index (χ4v) is 7.24. The van der Waals surface area contributed by atoms with E-state index >= 15 is 0 Å². The van der Waals surface area contributed by atoms with Gasteiger partial charge in [-0.25, -0.2) is 13.4 Å². The molecule has 2 heterocycles. The molecule has 39 heavy (non-hydrogen) atoms. The molecule has 1 unspecified atom stereocenters. The predicted molar refractivity (Wildman–Crippen MR) is 156 cm³/mol. The van der Waals surface area contributed by atoms with Gasteiger partial charge >= 0.3 is 0 Å². The van der Waals surface area contributed by atoms with Gasteiger partial charge in [0.05, 0.1) is 27.8 Å². The first-order chi connectivity index (χ1) is 18.8. The molecule has 0 spiro atoms. The minimum atomic E-state index is -3.73. The van der Waals surface area contributed by atoms with Gasteiger partial charge in [0.1, 0.15) is 0 Å². The summed E-state index contributed by atoms with van der Waals surface area (Å²) in [4.78, 5) is 20.5. The van der Waals surface area contributed by atoms with Crippen molar-refractivity contribution in [2.75, 3.05) is 24.6 Å². The summed E-state index contributed by atoms with van der Waals surface area (Å²) in [5.74, 6) is -0.224. The fraction of sp³-hybridized carbons (Fsp3) is 0.333. The van der Waals surface area contributed by atoms with Crippen LogP contribution in [0.3, 0.4) is 0 Å². The number of nitrogens with zero attached hydrogens (tertiary/aromatic N) is 3. The molecule has 1 amide bonds. The third-order valence-electron chi connectivity index (χ3n) is 7.17. The van der Waals surface area contributed by atoms with E-state index in [0.717, 1.165) is 34.2 Å². The number of anilines is 1. The molecule has 1 aliphatic rings. The van der Waals surface area contributed by atoms with E-state index in [2.05, 4.69) is 19.9 Å². The van der Waals surface area contributed by atoms with Gasteiger partial charge in [-0.1, -0.05) is 48.6 Å². The third-order valence-corrected chi connectivity index (χ3v) is 10.1. The van der Waals surface area contributed by atoms with E-state index in [9.17, 15) is 13.2 Å². The van der Waals surface area contributed by atoms with Crippen LogP contribution in [0.5, 0.6) is 0 Å². The Morgan fingerprint density at radius 3 is 2.44 bits per heavy atom. The van der Waals surface area contributed by atoms with Gasteiger partial charge in [-0.15, -0.1) is 0 Å². The monoisotopic (exact) mass is 563 g/mol. The number of benzene rings is 3. The van der Waals surface area contributed by atoms with Crippen LogP contribution in [-0.4, -0.2) is 49.4 Å². The van der Waals surface area contributed by atoms with E-state index in [1.54, 1.807) is 17.0 Å². The van der Waals surface area contributed by atoms with Crippen molar-refractivity contribution >= 4 is 42.6 Å². The van der Waals surface area contributed by atoms with Crippen LogP contribution in [0.2, 0.25) is 0 Å². The quantitative estimate of drug-likeness (QED) is 0.251. The number of fused-ring (bicyclic) bond motifs is 1. The van der Waals surface area contributed by atoms with Crippen molar-refractivity contribution in [1.82, 2.24) is 9.29 Å². The van der Waals surface area contributed by atoms with E-state index in [4.69, 9.17) is 9.72 Å². The summed E-state index contributed by atoms with van der Waals surface area (Å²) in [6.07, 6.45) is 1.80. The lowest BCUT2D eigenvalue weighted by Gasteiger charge is -2.23. The number of rotatable bonds is 9. The molecule has 5 rings (SSSR count). The lowest BCUT2D eigenvalue weighted by Crippen LogP contribution is -2.37. The standard InChI is InChI=1S/C30H33N3O4S2/c1-4-32(19-23-9-6-5-7-10-23)39(35,36)26-14-12-24(13-15-26)29(34)33(20-25-11-8-16-37-25)30-31-27-17-21(2)22(3)18-28(27)38-30/h5-7,9-10,12-15,17-18,25H,4,8,11,16,19-20H2,1-3H3. The average Bonchev–Trinajstić information content (AvgIpc) is 3.60. The molecule has 3 aromatic carbocycles. The first kappa shape index (κ1) is 27.5. The van der Waals surface area contributed by atoms with Crippen molar-refractivity contribution in [3.8, 4) is 0 Å². The zero-order valence-corrected chi connectivity index (χ0v) is 24.1. The lowest BCUT2D eigenvalue weighted by molar-refractivity contribution is 0.0917. The number of aryl methyl sites for hydroxylation is 2. The second kappa shape index (κ2) is 11.6. The SMILES string of the molecule is CCN(Cc1ccccc1)S(=O)(=O)c1ccc(C(=O)N(CC2CCCO2)c2nc3cc(C)c(C)cc3s2)cc1. The van der Waals surface area contributed by atoms with Crippen LogP contribution in [0.1, 0.15) is 46.8 Å². The molecule has 4 aromatic rings. The molecule has 1 aromatic heterocycles. The topological polar surface area (TPSA) is 79.8 Å². The Hall–Kier alpha value is -3.11. The Morgan fingerprint density at radius 2 is 1.77 bits per heavy atom. The van der Waals surface area contributed by atoms with Gasteiger partial charge in [0.25, 0.3) is 5.91 Å². The highest BCUT2D eigenvalue weighted by atomic mass is 32.2. The summed E-state index contributed by atoms with van der Waals surface area (Å²) in [5.41, 5.74) is 4.52. The number of hydrogen-bond donors (Lipinski definition) is 0. The molecule has 0 radical (unpaired) electrons. The smallest absolute Gasteiger partial charge is 0.260 e. The highest BCUT2D eigenvalue weighted by molar-refractivity contribution is 7.89. The van der Waals surface area contributed by atoms with Crippen molar-refractivity contribution in [3.05, 3.63) is 89.0 Å². The highest BCUT2D eigenvalue weighted by Gasteiger charge is 2.28. The number of thiazole rings is 1. The van der Waals surface area contributed by atoms with Gasteiger partial charge < -0.3 is 4.74 Å². The summed E-state index contributed by atoms with van der Waals surface area (Å²) in [6.45, 7) is 7.65. The Morgan fingerprint density at radius 1 is 1.05 bits per heavy atom. The van der Waals surface area contributed by atoms with Gasteiger partial charge in [0.2, 0.25) is 10.0 Å². The third kappa shape index (κ3) is 5.91. The Kier molecular flexibility index (Phi) is 8.13. The van der Waals surface area contributed by atoms with Crippen molar-refractivity contribution in [1.29, 1.82) is 0 Å². The summed E-state index contributed by atoms with van der Waals surface area (Å²) < 4.78 is 35.1. The van der Waals surface area contributed by atoms with Crippen molar-refractivity contribution in [2.24, 2.45) is 0 Å². The highest BCUT2D eigenvalue weighted by Crippen LogP contribution is 2.33. The summed E-state index contributed by atoms with van der Waals surface area (Å²) >= 11 is 1.49. The molecule has 1 saturated heterocycles. The largest absolute Gasteiger partial charge is 0.376 e. The molecule has 0 aliphatic carbocycles. The first-order valence-corrected chi connectivity index (χ1v) is 15.5. The number of amides is 1. The van der Waals surface area contributed by atoms with Crippen molar-refractivity contribution in [3.63, 3.8) is 0 Å². The Labute approximate surface area is 234 Å². The van der Waals surface area contributed by atoms with Crippen molar-refractivity contribution in [2.45, 2.75) is 51.2 Å². The van der Waals surface area contributed by atoms with E-state index in [0.29, 0.717) is 30.4 Å². The summed E-state index contributed by atoms with van der Waals surface area (Å²) in [6, 6.07) is 19.9. The first-order valence-electron chi connectivity index (χ1n) is 13.2. The lowest BCUT2D eigenvalue weighted by atomic mass is 10.1. The van der Waals surface area contributed by atoms with E-state index in [1.807, 2.05) is 43.3 Å². The molecule has 1 aliphatic heterocycles. The number of hydrogen-bond acceptors (Lipinski definition) is 6. The van der Waals surface area contributed by atoms with Gasteiger partial charge in [-0.2, -0.15) is 4.31 Å². The molecule has 1 atom stereocenters. The molecule has 7 nitrogen and oxygen atoms in total. The van der Waals surface area contributed by atoms with Crippen LogP contribution in [-0.2, 0) is 21.3 Å². The number of carbonyl (C=O) groups is 1. The average molecular weight is 564 g/mol. The van der Waals surface area contributed by atoms with Gasteiger partial charge in [-0.05, 0) is 79.8 Å². The molecule has 1 fully saturated rings. The van der Waals surface area contributed by atoms with Crippen LogP contribution < -0.4 is 4.90 Å². The maximum Gasteiger partial charge on any atom is 0.260 e. The maximum absolute atomic E-state index is 13.8. The fourth-order valence-electron chi connectivity index (χ4n) is 4.75. The second-order valence-corrected chi connectivity index (χ2v) is 12.8. The number of sulfonamides is 1. The van der Waals surface area contributed by atoms with E-state index in [-0.39, 0.29) is 23.5 Å². The van der Waals surface area contributed by atoms with Gasteiger partial charge in [0, 0.05) is 25.3 Å². The minimum absolute atomic E-state index is 0.0554. The zero-order valence-electron chi connectivity index (χ0n) is 22.5. The predicted octanol–water partition coefficient (Wildman–Crippen LogP) is 5.95. The number of ether oxygens (including phenoxy) is 1. The van der Waals surface area contributed by atoms with Crippen molar-refractivity contribution < 1.29 is 17.9 Å². The second-order valence-electron chi connectivity index (χ2n) is 9.89. The molecule has 9 heteroatoms. The van der Waals surface area contributed by atoms with Gasteiger partial charge in [0.15, 0.2) is 5.13 Å². The Bertz CT molecular complexity index is 1520. The molecule has 0 N–H and O–H groups in total. The molecular weight excluding hydrogens is 530 g/mol. The Balaban J connectivity index is 1.42. The van der Waals surface area contributed by atoms with Crippen LogP contribution in [0.25, 0.3) is 10.2 Å².